The van der Waals surface area contributed by atoms with Gasteiger partial charge in [0.2, 0.25) is 0 Å². The summed E-state index contributed by atoms with van der Waals surface area (Å²) in [5, 5.41) is 1.83. The first kappa shape index (κ1) is 16.8. The Hall–Kier alpha value is -0.690. The van der Waals surface area contributed by atoms with E-state index in [2.05, 4.69) is 21.6 Å². The third-order valence-electron chi connectivity index (χ3n) is 4.96. The number of hydrogen-bond acceptors (Lipinski definition) is 6. The number of hydrogen-bond donors (Lipinski definition) is 0. The van der Waals surface area contributed by atoms with E-state index in [1.54, 1.807) is 18.4 Å². The van der Waals surface area contributed by atoms with Gasteiger partial charge in [-0.3, -0.25) is 4.90 Å². The Morgan fingerprint density at radius 3 is 2.62 bits per heavy atom. The van der Waals surface area contributed by atoms with E-state index in [1.807, 2.05) is 12.1 Å². The minimum Gasteiger partial charge on any atom is -0.494 e. The number of thioether (sulfide) groups is 1. The summed E-state index contributed by atoms with van der Waals surface area (Å²) in [6.07, 6.45) is 2.46. The summed E-state index contributed by atoms with van der Waals surface area (Å²) in [4.78, 5) is 9.92. The molecule has 0 saturated carbocycles. The summed E-state index contributed by atoms with van der Waals surface area (Å²) in [5.41, 5.74) is 0.889. The zero-order valence-corrected chi connectivity index (χ0v) is 16.2. The van der Waals surface area contributed by atoms with Crippen molar-refractivity contribution in [3.8, 4) is 5.75 Å². The van der Waals surface area contributed by atoms with E-state index in [1.165, 1.54) is 37.4 Å². The van der Waals surface area contributed by atoms with E-state index in [0.29, 0.717) is 0 Å². The first-order chi connectivity index (χ1) is 11.8. The molecule has 130 valence electrons. The molecule has 24 heavy (non-hydrogen) atoms. The molecular weight excluding hydrogens is 362 g/mol. The summed E-state index contributed by atoms with van der Waals surface area (Å²) in [7, 11) is 1.68. The molecule has 0 spiro atoms. The highest BCUT2D eigenvalue weighted by molar-refractivity contribution is 7.99. The largest absolute Gasteiger partial charge is 0.494 e. The van der Waals surface area contributed by atoms with Gasteiger partial charge in [-0.1, -0.05) is 22.9 Å². The molecule has 1 aromatic heterocycles. The number of nitrogens with zero attached hydrogens (tertiary/aromatic N) is 3. The molecular formula is C17H22ClN3OS2. The van der Waals surface area contributed by atoms with E-state index < -0.39 is 0 Å². The second-order valence-corrected chi connectivity index (χ2v) is 8.90. The third-order valence-corrected chi connectivity index (χ3v) is 7.48. The summed E-state index contributed by atoms with van der Waals surface area (Å²) in [5.74, 6) is 3.38. The lowest BCUT2D eigenvalue weighted by atomic mass is 10.0. The average molecular weight is 384 g/mol. The maximum absolute atomic E-state index is 6.35. The van der Waals surface area contributed by atoms with Gasteiger partial charge in [0.1, 0.15) is 11.3 Å². The van der Waals surface area contributed by atoms with Gasteiger partial charge >= 0.3 is 0 Å². The fourth-order valence-corrected chi connectivity index (χ4v) is 5.85. The van der Waals surface area contributed by atoms with Crippen LogP contribution in [-0.2, 0) is 0 Å². The number of benzene rings is 1. The summed E-state index contributed by atoms with van der Waals surface area (Å²) in [6.45, 7) is 4.66. The molecule has 2 aliphatic heterocycles. The van der Waals surface area contributed by atoms with Crippen LogP contribution in [0.3, 0.4) is 0 Å². The monoisotopic (exact) mass is 383 g/mol. The fraction of sp³-hybridized carbons (Fsp3) is 0.588. The lowest BCUT2D eigenvalue weighted by Gasteiger charge is -2.40. The van der Waals surface area contributed by atoms with Gasteiger partial charge in [-0.05, 0) is 25.0 Å². The van der Waals surface area contributed by atoms with Crippen LogP contribution >= 0.6 is 34.7 Å². The van der Waals surface area contributed by atoms with Crippen LogP contribution in [0.5, 0.6) is 5.75 Å². The van der Waals surface area contributed by atoms with E-state index >= 15 is 0 Å². The molecule has 2 aromatic rings. The van der Waals surface area contributed by atoms with Crippen molar-refractivity contribution in [3.63, 3.8) is 0 Å². The highest BCUT2D eigenvalue weighted by atomic mass is 35.5. The van der Waals surface area contributed by atoms with Crippen molar-refractivity contribution in [3.05, 3.63) is 17.2 Å². The Labute approximate surface area is 156 Å². The van der Waals surface area contributed by atoms with Crippen molar-refractivity contribution in [2.24, 2.45) is 0 Å². The van der Waals surface area contributed by atoms with Crippen LogP contribution in [0.4, 0.5) is 5.13 Å². The second-order valence-electron chi connectivity index (χ2n) is 6.29. The van der Waals surface area contributed by atoms with Gasteiger partial charge in [-0.15, -0.1) is 0 Å². The van der Waals surface area contributed by atoms with Gasteiger partial charge in [-0.2, -0.15) is 11.8 Å². The predicted octanol–water partition coefficient (Wildman–Crippen LogP) is 3.98. The van der Waals surface area contributed by atoms with Crippen molar-refractivity contribution in [1.82, 2.24) is 9.88 Å². The summed E-state index contributed by atoms with van der Waals surface area (Å²) >= 11 is 10.1. The van der Waals surface area contributed by atoms with Crippen LogP contribution in [0.2, 0.25) is 5.02 Å². The van der Waals surface area contributed by atoms with Crippen LogP contribution in [0, 0.1) is 0 Å². The van der Waals surface area contributed by atoms with Crippen LogP contribution in [-0.4, -0.2) is 60.7 Å². The van der Waals surface area contributed by atoms with Gasteiger partial charge < -0.3 is 9.64 Å². The molecule has 0 radical (unpaired) electrons. The Bertz CT molecular complexity index is 709. The number of thiazole rings is 1. The van der Waals surface area contributed by atoms with E-state index in [9.17, 15) is 0 Å². The lowest BCUT2D eigenvalue weighted by molar-refractivity contribution is 0.186. The number of fused-ring (bicyclic) bond motifs is 1. The molecule has 4 rings (SSSR count). The number of ether oxygens (including phenoxy) is 1. The first-order valence-electron chi connectivity index (χ1n) is 8.46. The van der Waals surface area contributed by atoms with E-state index in [-0.39, 0.29) is 0 Å². The maximum Gasteiger partial charge on any atom is 0.186 e. The minimum atomic E-state index is 0.745. The highest BCUT2D eigenvalue weighted by Gasteiger charge is 2.27. The van der Waals surface area contributed by atoms with Gasteiger partial charge in [0.05, 0.1) is 16.8 Å². The standard InChI is InChI=1S/C17H22ClN3OS2/c1-22-14-3-2-13(18)16-15(14)19-17(24-16)21-6-4-12(5-7-21)20-8-10-23-11-9-20/h2-3,12H,4-11H2,1H3. The molecule has 0 N–H and O–H groups in total. The van der Waals surface area contributed by atoms with Crippen molar-refractivity contribution in [2.45, 2.75) is 18.9 Å². The van der Waals surface area contributed by atoms with Crippen molar-refractivity contribution < 1.29 is 4.74 Å². The number of piperidine rings is 1. The fourth-order valence-electron chi connectivity index (χ4n) is 3.61. The molecule has 0 aliphatic carbocycles. The molecule has 0 bridgehead atoms. The van der Waals surface area contributed by atoms with Crippen LogP contribution in [0.1, 0.15) is 12.8 Å². The topological polar surface area (TPSA) is 28.6 Å². The van der Waals surface area contributed by atoms with E-state index in [0.717, 1.165) is 45.3 Å². The number of rotatable bonds is 3. The molecule has 2 aliphatic rings. The van der Waals surface area contributed by atoms with Gasteiger partial charge in [0.25, 0.3) is 0 Å². The van der Waals surface area contributed by atoms with Crippen molar-refractivity contribution in [1.29, 1.82) is 0 Å². The quantitative estimate of drug-likeness (QED) is 0.799. The number of aromatic nitrogens is 1. The van der Waals surface area contributed by atoms with Crippen LogP contribution in [0.25, 0.3) is 10.2 Å². The Morgan fingerprint density at radius 1 is 1.17 bits per heavy atom. The average Bonchev–Trinajstić information content (AvgIpc) is 3.09. The van der Waals surface area contributed by atoms with E-state index in [4.69, 9.17) is 21.3 Å². The SMILES string of the molecule is COc1ccc(Cl)c2sc(N3CCC(N4CCSCC4)CC3)nc12. The lowest BCUT2D eigenvalue weighted by Crippen LogP contribution is -2.47. The smallest absolute Gasteiger partial charge is 0.186 e. The molecule has 0 amide bonds. The maximum atomic E-state index is 6.35. The van der Waals surface area contributed by atoms with Crippen molar-refractivity contribution >= 4 is 50.0 Å². The van der Waals surface area contributed by atoms with Gasteiger partial charge in [0.15, 0.2) is 5.13 Å². The third kappa shape index (κ3) is 3.21. The molecule has 0 atom stereocenters. The number of methoxy groups -OCH3 is 1. The minimum absolute atomic E-state index is 0.745. The zero-order chi connectivity index (χ0) is 16.5. The molecule has 0 unspecified atom stereocenters. The molecule has 2 fully saturated rings. The number of halogens is 1. The normalized spacial score (nSPS) is 20.7. The molecule has 1 aromatic carbocycles. The van der Waals surface area contributed by atoms with Gasteiger partial charge in [0, 0.05) is 43.7 Å². The van der Waals surface area contributed by atoms with Gasteiger partial charge in [-0.25, -0.2) is 4.98 Å². The Balaban J connectivity index is 1.49. The summed E-state index contributed by atoms with van der Waals surface area (Å²) in [6, 6.07) is 4.54. The highest BCUT2D eigenvalue weighted by Crippen LogP contribution is 2.39. The second kappa shape index (κ2) is 7.28. The summed E-state index contributed by atoms with van der Waals surface area (Å²) < 4.78 is 6.47. The molecule has 4 nitrogen and oxygen atoms in total. The molecule has 2 saturated heterocycles. The predicted molar refractivity (Wildman–Crippen MR) is 105 cm³/mol. The molecule has 7 heteroatoms. The van der Waals surface area contributed by atoms with Crippen LogP contribution in [0.15, 0.2) is 12.1 Å². The van der Waals surface area contributed by atoms with Crippen LogP contribution < -0.4 is 9.64 Å². The first-order valence-corrected chi connectivity index (χ1v) is 10.8. The van der Waals surface area contributed by atoms with Crippen molar-refractivity contribution in [2.75, 3.05) is 49.7 Å². The number of anilines is 1. The zero-order valence-electron chi connectivity index (χ0n) is 13.8. The molecule has 3 heterocycles. The Morgan fingerprint density at radius 2 is 1.92 bits per heavy atom. The Kier molecular flexibility index (Phi) is 5.08.